The molecule has 2 aliphatic rings. The SMILES string of the molecule is O=S1(=O)C[C@@H]2N=C(SCc3ccc(Cl)c(Cl)c3)N(c3ccc(F)cc3F)[C@@H]2C1. The molecule has 1 fully saturated rings. The fourth-order valence-electron chi connectivity index (χ4n) is 3.37. The summed E-state index contributed by atoms with van der Waals surface area (Å²) in [6.07, 6.45) is 0. The van der Waals surface area contributed by atoms with Gasteiger partial charge in [0, 0.05) is 11.8 Å². The first-order chi connectivity index (χ1) is 13.2. The van der Waals surface area contributed by atoms with Gasteiger partial charge in [-0.2, -0.15) is 0 Å². The quantitative estimate of drug-likeness (QED) is 0.671. The number of amidine groups is 1. The van der Waals surface area contributed by atoms with Crippen LogP contribution in [-0.4, -0.2) is 37.2 Å². The lowest BCUT2D eigenvalue weighted by Gasteiger charge is -2.26. The van der Waals surface area contributed by atoms with Crippen LogP contribution in [0.25, 0.3) is 0 Å². The van der Waals surface area contributed by atoms with Crippen LogP contribution in [0.3, 0.4) is 0 Å². The summed E-state index contributed by atoms with van der Waals surface area (Å²) < 4.78 is 51.9. The number of sulfone groups is 1. The molecular formula is C18H14Cl2F2N2O2S2. The van der Waals surface area contributed by atoms with Gasteiger partial charge in [0.2, 0.25) is 0 Å². The number of anilines is 1. The van der Waals surface area contributed by atoms with E-state index >= 15 is 0 Å². The molecule has 1 saturated heterocycles. The zero-order chi connectivity index (χ0) is 20.1. The first-order valence-electron chi connectivity index (χ1n) is 8.33. The van der Waals surface area contributed by atoms with Crippen molar-refractivity contribution in [2.75, 3.05) is 16.4 Å². The molecule has 0 aliphatic carbocycles. The highest BCUT2D eigenvalue weighted by Gasteiger charge is 2.47. The van der Waals surface area contributed by atoms with Gasteiger partial charge in [-0.25, -0.2) is 17.2 Å². The summed E-state index contributed by atoms with van der Waals surface area (Å²) in [5, 5.41) is 1.38. The summed E-state index contributed by atoms with van der Waals surface area (Å²) in [6, 6.07) is 7.53. The normalized spacial score (nSPS) is 23.0. The number of halogens is 4. The number of fused-ring (bicyclic) bond motifs is 1. The molecule has 28 heavy (non-hydrogen) atoms. The zero-order valence-corrected chi connectivity index (χ0v) is 17.4. The maximum atomic E-state index is 14.5. The van der Waals surface area contributed by atoms with Gasteiger partial charge >= 0.3 is 0 Å². The maximum absolute atomic E-state index is 14.5. The Hall–Kier alpha value is -1.35. The molecule has 148 valence electrons. The molecule has 2 aliphatic heterocycles. The summed E-state index contributed by atoms with van der Waals surface area (Å²) in [5.41, 5.74) is 1.01. The van der Waals surface area contributed by atoms with Gasteiger partial charge in [0.25, 0.3) is 0 Å². The van der Waals surface area contributed by atoms with Crippen molar-refractivity contribution in [3.8, 4) is 0 Å². The monoisotopic (exact) mass is 462 g/mol. The molecule has 4 nitrogen and oxygen atoms in total. The van der Waals surface area contributed by atoms with Crippen molar-refractivity contribution in [2.24, 2.45) is 4.99 Å². The van der Waals surface area contributed by atoms with Gasteiger partial charge in [-0.05, 0) is 29.8 Å². The summed E-state index contributed by atoms with van der Waals surface area (Å²) >= 11 is 13.3. The molecule has 2 heterocycles. The van der Waals surface area contributed by atoms with Gasteiger partial charge in [-0.15, -0.1) is 0 Å². The number of hydrogen-bond acceptors (Lipinski definition) is 5. The summed E-state index contributed by atoms with van der Waals surface area (Å²) in [6.45, 7) is 0. The second kappa shape index (κ2) is 7.48. The van der Waals surface area contributed by atoms with Crippen molar-refractivity contribution >= 4 is 55.7 Å². The van der Waals surface area contributed by atoms with Crippen molar-refractivity contribution in [1.29, 1.82) is 0 Å². The van der Waals surface area contributed by atoms with Gasteiger partial charge < -0.3 is 4.90 Å². The van der Waals surface area contributed by atoms with Crippen LogP contribution in [0.5, 0.6) is 0 Å². The summed E-state index contributed by atoms with van der Waals surface area (Å²) in [7, 11) is -3.25. The molecule has 0 aromatic heterocycles. The Morgan fingerprint density at radius 1 is 1.11 bits per heavy atom. The molecule has 0 N–H and O–H groups in total. The molecule has 2 aromatic rings. The van der Waals surface area contributed by atoms with E-state index < -0.39 is 33.6 Å². The predicted octanol–water partition coefficient (Wildman–Crippen LogP) is 4.55. The molecule has 2 atom stereocenters. The lowest BCUT2D eigenvalue weighted by Crippen LogP contribution is -2.39. The number of thioether (sulfide) groups is 1. The van der Waals surface area contributed by atoms with Gasteiger partial charge in [0.15, 0.2) is 15.0 Å². The third-order valence-corrected chi connectivity index (χ3v) is 8.10. The molecular weight excluding hydrogens is 449 g/mol. The van der Waals surface area contributed by atoms with Gasteiger partial charge in [-0.1, -0.05) is 41.0 Å². The van der Waals surface area contributed by atoms with E-state index in [9.17, 15) is 17.2 Å². The van der Waals surface area contributed by atoms with Crippen LogP contribution in [0.2, 0.25) is 10.0 Å². The molecule has 4 rings (SSSR count). The van der Waals surface area contributed by atoms with Crippen molar-refractivity contribution in [3.63, 3.8) is 0 Å². The van der Waals surface area contributed by atoms with E-state index in [0.29, 0.717) is 21.0 Å². The van der Waals surface area contributed by atoms with Crippen molar-refractivity contribution < 1.29 is 17.2 Å². The Bertz CT molecular complexity index is 1080. The van der Waals surface area contributed by atoms with Crippen LogP contribution in [0.1, 0.15) is 5.56 Å². The third kappa shape index (κ3) is 3.87. The van der Waals surface area contributed by atoms with E-state index in [4.69, 9.17) is 23.2 Å². The van der Waals surface area contributed by atoms with E-state index in [1.54, 1.807) is 17.0 Å². The van der Waals surface area contributed by atoms with Gasteiger partial charge in [0.05, 0.1) is 39.3 Å². The fraction of sp³-hybridized carbons (Fsp3) is 0.278. The van der Waals surface area contributed by atoms with E-state index in [2.05, 4.69) is 4.99 Å². The second-order valence-corrected chi connectivity index (χ2v) is 10.5. The van der Waals surface area contributed by atoms with Gasteiger partial charge in [0.1, 0.15) is 11.6 Å². The Morgan fingerprint density at radius 2 is 1.89 bits per heavy atom. The number of rotatable bonds is 3. The van der Waals surface area contributed by atoms with Crippen molar-refractivity contribution in [2.45, 2.75) is 17.8 Å². The minimum Gasteiger partial charge on any atom is -0.312 e. The lowest BCUT2D eigenvalue weighted by atomic mass is 10.1. The number of nitrogens with zero attached hydrogens (tertiary/aromatic N) is 2. The Kier molecular flexibility index (Phi) is 5.33. The molecule has 0 amide bonds. The van der Waals surface area contributed by atoms with Crippen LogP contribution in [-0.2, 0) is 15.6 Å². The lowest BCUT2D eigenvalue weighted by molar-refractivity contribution is 0.577. The smallest absolute Gasteiger partial charge is 0.164 e. The van der Waals surface area contributed by atoms with Crippen LogP contribution < -0.4 is 4.90 Å². The van der Waals surface area contributed by atoms with E-state index in [-0.39, 0.29) is 17.2 Å². The van der Waals surface area contributed by atoms with Crippen molar-refractivity contribution in [1.82, 2.24) is 0 Å². The van der Waals surface area contributed by atoms with E-state index in [1.807, 2.05) is 6.07 Å². The van der Waals surface area contributed by atoms with Crippen LogP contribution in [0, 0.1) is 11.6 Å². The minimum absolute atomic E-state index is 0.0756. The fourth-order valence-corrected chi connectivity index (χ4v) is 6.59. The average molecular weight is 463 g/mol. The molecule has 0 unspecified atom stereocenters. The number of aliphatic imine (C=N–C) groups is 1. The highest BCUT2D eigenvalue weighted by Crippen LogP contribution is 2.37. The van der Waals surface area contributed by atoms with Crippen molar-refractivity contribution in [3.05, 3.63) is 63.6 Å². The van der Waals surface area contributed by atoms with Crippen LogP contribution in [0.15, 0.2) is 41.4 Å². The Balaban J connectivity index is 1.64. The first kappa shape index (κ1) is 19.9. The maximum Gasteiger partial charge on any atom is 0.164 e. The zero-order valence-electron chi connectivity index (χ0n) is 14.3. The van der Waals surface area contributed by atoms with Crippen LogP contribution in [0.4, 0.5) is 14.5 Å². The molecule has 2 aromatic carbocycles. The molecule has 10 heteroatoms. The largest absolute Gasteiger partial charge is 0.312 e. The number of hydrogen-bond donors (Lipinski definition) is 0. The highest BCUT2D eigenvalue weighted by molar-refractivity contribution is 8.13. The van der Waals surface area contributed by atoms with E-state index in [0.717, 1.165) is 17.7 Å². The number of benzene rings is 2. The third-order valence-electron chi connectivity index (χ3n) is 4.63. The molecule has 0 spiro atoms. The first-order valence-corrected chi connectivity index (χ1v) is 11.9. The summed E-state index contributed by atoms with van der Waals surface area (Å²) in [4.78, 5) is 6.10. The Labute approximate surface area is 175 Å². The summed E-state index contributed by atoms with van der Waals surface area (Å²) in [5.74, 6) is -1.16. The standard InChI is InChI=1S/C18H14Cl2F2N2O2S2/c19-12-3-1-10(5-13(12)20)7-27-18-23-15-8-28(25,26)9-17(15)24(18)16-4-2-11(21)6-14(16)22/h1-6,15,17H,7-9H2/t15-,17+/m0/s1. The second-order valence-electron chi connectivity index (χ2n) is 6.63. The molecule has 0 saturated carbocycles. The van der Waals surface area contributed by atoms with E-state index in [1.165, 1.54) is 17.8 Å². The predicted molar refractivity (Wildman–Crippen MR) is 110 cm³/mol. The average Bonchev–Trinajstić information content (AvgIpc) is 3.08. The van der Waals surface area contributed by atoms with Crippen LogP contribution >= 0.6 is 35.0 Å². The topological polar surface area (TPSA) is 49.7 Å². The molecule has 0 radical (unpaired) electrons. The van der Waals surface area contributed by atoms with Gasteiger partial charge in [-0.3, -0.25) is 4.99 Å². The minimum atomic E-state index is -3.25. The Morgan fingerprint density at radius 3 is 2.61 bits per heavy atom. The highest BCUT2D eigenvalue weighted by atomic mass is 35.5. The molecule has 0 bridgehead atoms.